The monoisotopic (exact) mass is 406 g/mol. The molecular weight excluding hydrogens is 380 g/mol. The SMILES string of the molecule is COc1ncccc1CN1C[C@@H]2C[C@H](C1)[C@H](C(=O)N1CC=CC1)n1c2cccc1=O. The fraction of sp³-hybridized carbons (Fsp3) is 0.435. The molecule has 2 aromatic heterocycles. The first-order chi connectivity index (χ1) is 14.7. The minimum absolute atomic E-state index is 0.0545. The largest absolute Gasteiger partial charge is 0.481 e. The molecule has 3 atom stereocenters. The van der Waals surface area contributed by atoms with Gasteiger partial charge in [0, 0.05) is 68.1 Å². The van der Waals surface area contributed by atoms with Gasteiger partial charge in [0.25, 0.3) is 5.56 Å². The molecular formula is C23H26N4O3. The number of carbonyl (C=O) groups excluding carboxylic acids is 1. The summed E-state index contributed by atoms with van der Waals surface area (Å²) >= 11 is 0. The summed E-state index contributed by atoms with van der Waals surface area (Å²) in [5, 5.41) is 0. The van der Waals surface area contributed by atoms with E-state index in [-0.39, 0.29) is 23.3 Å². The first-order valence-electron chi connectivity index (χ1n) is 10.5. The van der Waals surface area contributed by atoms with E-state index < -0.39 is 6.04 Å². The van der Waals surface area contributed by atoms with Crippen molar-refractivity contribution in [2.24, 2.45) is 5.92 Å². The minimum Gasteiger partial charge on any atom is -0.481 e. The lowest BCUT2D eigenvalue weighted by molar-refractivity contribution is -0.137. The van der Waals surface area contributed by atoms with Crippen LogP contribution in [0.15, 0.2) is 53.5 Å². The lowest BCUT2D eigenvalue weighted by Crippen LogP contribution is -2.53. The third kappa shape index (κ3) is 3.23. The summed E-state index contributed by atoms with van der Waals surface area (Å²) in [5.74, 6) is 1.03. The normalized spacial score (nSPS) is 25.2. The van der Waals surface area contributed by atoms with E-state index in [9.17, 15) is 9.59 Å². The van der Waals surface area contributed by atoms with Crippen LogP contribution in [0.4, 0.5) is 0 Å². The molecule has 0 radical (unpaired) electrons. The highest BCUT2D eigenvalue weighted by Crippen LogP contribution is 2.42. The second-order valence-corrected chi connectivity index (χ2v) is 8.38. The maximum Gasteiger partial charge on any atom is 0.251 e. The van der Waals surface area contributed by atoms with Crippen LogP contribution in [0.2, 0.25) is 0 Å². The van der Waals surface area contributed by atoms with E-state index in [1.54, 1.807) is 23.9 Å². The second-order valence-electron chi connectivity index (χ2n) is 8.38. The maximum atomic E-state index is 13.5. The van der Waals surface area contributed by atoms with Crippen LogP contribution in [-0.4, -0.2) is 58.5 Å². The number of hydrogen-bond donors (Lipinski definition) is 0. The summed E-state index contributed by atoms with van der Waals surface area (Å²) < 4.78 is 7.21. The molecule has 1 fully saturated rings. The zero-order valence-electron chi connectivity index (χ0n) is 17.1. The van der Waals surface area contributed by atoms with Crippen molar-refractivity contribution in [1.82, 2.24) is 19.4 Å². The first kappa shape index (κ1) is 19.1. The van der Waals surface area contributed by atoms with Crippen LogP contribution in [0.1, 0.15) is 29.6 Å². The standard InChI is InChI=1S/C23H26N4O3/c1-30-22-16(6-5-9-24-22)13-25-14-17-12-18(15-25)21(23(29)26-10-2-3-11-26)27-19(17)7-4-8-20(27)28/h2-9,17-18,21H,10-15H2,1H3/t17-,18+,21+/m0/s1. The Morgan fingerprint density at radius 1 is 1.17 bits per heavy atom. The molecule has 0 aliphatic carbocycles. The van der Waals surface area contributed by atoms with Gasteiger partial charge in [-0.15, -0.1) is 0 Å². The predicted octanol–water partition coefficient (Wildman–Crippen LogP) is 1.81. The van der Waals surface area contributed by atoms with Crippen LogP contribution in [0.25, 0.3) is 0 Å². The van der Waals surface area contributed by atoms with Crippen molar-refractivity contribution in [3.8, 4) is 5.88 Å². The Morgan fingerprint density at radius 3 is 2.80 bits per heavy atom. The fourth-order valence-corrected chi connectivity index (χ4v) is 5.29. The first-order valence-corrected chi connectivity index (χ1v) is 10.5. The lowest BCUT2D eigenvalue weighted by atomic mass is 9.78. The number of aromatic nitrogens is 2. The average Bonchev–Trinajstić information content (AvgIpc) is 3.30. The molecule has 0 N–H and O–H groups in total. The number of pyridine rings is 2. The van der Waals surface area contributed by atoms with Crippen LogP contribution in [0.5, 0.6) is 5.88 Å². The average molecular weight is 406 g/mol. The molecule has 7 heteroatoms. The number of carbonyl (C=O) groups is 1. The number of amides is 1. The summed E-state index contributed by atoms with van der Waals surface area (Å²) in [6.45, 7) is 3.59. The highest BCUT2D eigenvalue weighted by molar-refractivity contribution is 5.82. The van der Waals surface area contributed by atoms with Gasteiger partial charge in [0.05, 0.1) is 7.11 Å². The molecule has 3 aliphatic rings. The Morgan fingerprint density at radius 2 is 2.00 bits per heavy atom. The van der Waals surface area contributed by atoms with Crippen LogP contribution in [0.3, 0.4) is 0 Å². The molecule has 1 amide bonds. The maximum absolute atomic E-state index is 13.5. The van der Waals surface area contributed by atoms with E-state index >= 15 is 0 Å². The summed E-state index contributed by atoms with van der Waals surface area (Å²) in [4.78, 5) is 34.8. The number of piperidine rings is 1. The molecule has 7 nitrogen and oxygen atoms in total. The van der Waals surface area contributed by atoms with Crippen LogP contribution in [-0.2, 0) is 11.3 Å². The number of likely N-dealkylation sites (tertiary alicyclic amines) is 1. The number of fused-ring (bicyclic) bond motifs is 4. The Balaban J connectivity index is 1.48. The van der Waals surface area contributed by atoms with Crippen molar-refractivity contribution in [2.45, 2.75) is 24.9 Å². The summed E-state index contributed by atoms with van der Waals surface area (Å²) in [5.41, 5.74) is 1.94. The zero-order chi connectivity index (χ0) is 20.7. The van der Waals surface area contributed by atoms with E-state index in [0.717, 1.165) is 30.8 Å². The third-order valence-corrected chi connectivity index (χ3v) is 6.54. The molecule has 2 aromatic rings. The Bertz CT molecular complexity index is 1040. The molecule has 30 heavy (non-hydrogen) atoms. The van der Waals surface area contributed by atoms with Gasteiger partial charge >= 0.3 is 0 Å². The van der Waals surface area contributed by atoms with Gasteiger partial charge in [0.2, 0.25) is 11.8 Å². The highest BCUT2D eigenvalue weighted by Gasteiger charge is 2.45. The van der Waals surface area contributed by atoms with Crippen LogP contribution in [0, 0.1) is 5.92 Å². The smallest absolute Gasteiger partial charge is 0.251 e. The van der Waals surface area contributed by atoms with Gasteiger partial charge in [-0.05, 0) is 18.6 Å². The Labute approximate surface area is 175 Å². The number of hydrogen-bond acceptors (Lipinski definition) is 5. The van der Waals surface area contributed by atoms with Crippen LogP contribution >= 0.6 is 0 Å². The highest BCUT2D eigenvalue weighted by atomic mass is 16.5. The summed E-state index contributed by atoms with van der Waals surface area (Å²) in [6.07, 6.45) is 6.69. The van der Waals surface area contributed by atoms with Crippen molar-refractivity contribution >= 4 is 5.91 Å². The van der Waals surface area contributed by atoms with Gasteiger partial charge in [0.15, 0.2) is 0 Å². The van der Waals surface area contributed by atoms with Crippen LogP contribution < -0.4 is 10.3 Å². The van der Waals surface area contributed by atoms with Gasteiger partial charge in [0.1, 0.15) is 6.04 Å². The molecule has 156 valence electrons. The minimum atomic E-state index is -0.441. The van der Waals surface area contributed by atoms with Crippen molar-refractivity contribution in [3.05, 3.63) is 70.3 Å². The van der Waals surface area contributed by atoms with E-state index in [1.807, 2.05) is 41.3 Å². The van der Waals surface area contributed by atoms with Gasteiger partial charge in [-0.25, -0.2) is 4.98 Å². The van der Waals surface area contributed by atoms with Gasteiger partial charge in [-0.3, -0.25) is 19.1 Å². The number of methoxy groups -OCH3 is 1. The molecule has 1 saturated heterocycles. The molecule has 0 spiro atoms. The van der Waals surface area contributed by atoms with Crippen molar-refractivity contribution in [1.29, 1.82) is 0 Å². The zero-order valence-corrected chi connectivity index (χ0v) is 17.1. The molecule has 2 bridgehead atoms. The summed E-state index contributed by atoms with van der Waals surface area (Å²) in [7, 11) is 1.64. The molecule has 0 unspecified atom stereocenters. The number of nitrogens with zero attached hydrogens (tertiary/aromatic N) is 4. The Hall–Kier alpha value is -2.93. The third-order valence-electron chi connectivity index (χ3n) is 6.54. The van der Waals surface area contributed by atoms with E-state index in [2.05, 4.69) is 9.88 Å². The number of rotatable bonds is 4. The van der Waals surface area contributed by atoms with Crippen molar-refractivity contribution < 1.29 is 9.53 Å². The summed E-state index contributed by atoms with van der Waals surface area (Å²) in [6, 6.07) is 8.92. The fourth-order valence-electron chi connectivity index (χ4n) is 5.29. The molecule has 0 saturated carbocycles. The molecule has 5 heterocycles. The molecule has 0 aromatic carbocycles. The van der Waals surface area contributed by atoms with Crippen molar-refractivity contribution in [3.63, 3.8) is 0 Å². The van der Waals surface area contributed by atoms with E-state index in [1.165, 1.54) is 0 Å². The van der Waals surface area contributed by atoms with Gasteiger partial charge in [-0.2, -0.15) is 0 Å². The molecule has 3 aliphatic heterocycles. The Kier molecular flexibility index (Phi) is 4.90. The van der Waals surface area contributed by atoms with Crippen molar-refractivity contribution in [2.75, 3.05) is 33.3 Å². The van der Waals surface area contributed by atoms with E-state index in [4.69, 9.17) is 4.74 Å². The van der Waals surface area contributed by atoms with E-state index in [0.29, 0.717) is 25.5 Å². The van der Waals surface area contributed by atoms with Gasteiger partial charge in [-0.1, -0.05) is 24.3 Å². The lowest BCUT2D eigenvalue weighted by Gasteiger charge is -2.47. The predicted molar refractivity (Wildman–Crippen MR) is 112 cm³/mol. The quantitative estimate of drug-likeness (QED) is 0.725. The second kappa shape index (κ2) is 7.72. The molecule has 5 rings (SSSR count). The number of ether oxygens (including phenoxy) is 1. The van der Waals surface area contributed by atoms with Gasteiger partial charge < -0.3 is 9.64 Å². The topological polar surface area (TPSA) is 67.7 Å².